The molecule has 2 nitrogen and oxygen atoms in total. The first kappa shape index (κ1) is 22.0. The Hall–Kier alpha value is -1.04. The van der Waals surface area contributed by atoms with Gasteiger partial charge < -0.3 is 9.64 Å². The molecule has 0 aliphatic heterocycles. The summed E-state index contributed by atoms with van der Waals surface area (Å²) in [6.45, 7) is -0.817. The SMILES string of the molecule is COC(CCN(C)C)(C(F)(F)F)C(F)(F)C(F)(F)C(F)=C(F)F. The molecule has 0 spiro atoms. The van der Waals surface area contributed by atoms with Crippen LogP contribution in [0.25, 0.3) is 0 Å². The van der Waals surface area contributed by atoms with Gasteiger partial charge in [0.05, 0.1) is 0 Å². The lowest BCUT2D eigenvalue weighted by molar-refractivity contribution is -0.380. The van der Waals surface area contributed by atoms with Crippen molar-refractivity contribution in [3.8, 4) is 0 Å². The highest BCUT2D eigenvalue weighted by Gasteiger charge is 2.80. The Kier molecular flexibility index (Phi) is 6.52. The summed E-state index contributed by atoms with van der Waals surface area (Å²) in [5.74, 6) is -16.7. The zero-order chi connectivity index (χ0) is 18.9. The molecule has 0 heterocycles. The summed E-state index contributed by atoms with van der Waals surface area (Å²) in [5.41, 5.74) is -4.87. The second-order valence-corrected chi connectivity index (χ2v) is 4.81. The molecule has 23 heavy (non-hydrogen) atoms. The normalized spacial score (nSPS) is 16.4. The van der Waals surface area contributed by atoms with Crippen molar-refractivity contribution in [1.29, 1.82) is 0 Å². The van der Waals surface area contributed by atoms with Gasteiger partial charge in [0.15, 0.2) is 0 Å². The van der Waals surface area contributed by atoms with Gasteiger partial charge in [-0.1, -0.05) is 0 Å². The van der Waals surface area contributed by atoms with Gasteiger partial charge >= 0.3 is 24.1 Å². The lowest BCUT2D eigenvalue weighted by Gasteiger charge is -2.43. The average molecular weight is 365 g/mol. The third-order valence-corrected chi connectivity index (χ3v) is 3.06. The molecular weight excluding hydrogens is 352 g/mol. The molecule has 0 N–H and O–H groups in total. The number of methoxy groups -OCH3 is 1. The van der Waals surface area contributed by atoms with E-state index in [1.807, 2.05) is 0 Å². The fourth-order valence-corrected chi connectivity index (χ4v) is 1.71. The summed E-state index contributed by atoms with van der Waals surface area (Å²) in [5, 5.41) is 0. The molecule has 1 unspecified atom stereocenters. The van der Waals surface area contributed by atoms with Gasteiger partial charge in [0, 0.05) is 20.1 Å². The van der Waals surface area contributed by atoms with Crippen LogP contribution in [0.3, 0.4) is 0 Å². The molecule has 0 fully saturated rings. The molecule has 0 saturated heterocycles. The number of alkyl halides is 7. The first-order valence-corrected chi connectivity index (χ1v) is 5.82. The molecule has 0 aromatic heterocycles. The number of halogens is 10. The van der Waals surface area contributed by atoms with Gasteiger partial charge in [-0.2, -0.15) is 43.9 Å². The fourth-order valence-electron chi connectivity index (χ4n) is 1.71. The summed E-state index contributed by atoms with van der Waals surface area (Å²) in [6.07, 6.45) is -11.7. The Morgan fingerprint density at radius 2 is 1.35 bits per heavy atom. The van der Waals surface area contributed by atoms with E-state index in [0.717, 1.165) is 19.0 Å². The molecule has 12 heteroatoms. The number of nitrogens with zero attached hydrogens (tertiary/aromatic N) is 1. The van der Waals surface area contributed by atoms with Crippen molar-refractivity contribution in [3.63, 3.8) is 0 Å². The zero-order valence-electron chi connectivity index (χ0n) is 12.0. The summed E-state index contributed by atoms with van der Waals surface area (Å²) in [7, 11) is 2.35. The van der Waals surface area contributed by atoms with Gasteiger partial charge in [0.25, 0.3) is 0 Å². The lowest BCUT2D eigenvalue weighted by atomic mass is 9.85. The quantitative estimate of drug-likeness (QED) is 0.626. The van der Waals surface area contributed by atoms with Crippen LogP contribution in [-0.4, -0.2) is 56.3 Å². The molecule has 0 bridgehead atoms. The highest BCUT2D eigenvalue weighted by Crippen LogP contribution is 2.56. The maximum Gasteiger partial charge on any atom is 0.423 e. The van der Waals surface area contributed by atoms with Crippen LogP contribution >= 0.6 is 0 Å². The molecule has 0 aromatic rings. The van der Waals surface area contributed by atoms with Crippen LogP contribution in [0.5, 0.6) is 0 Å². The van der Waals surface area contributed by atoms with Crippen LogP contribution in [0.15, 0.2) is 11.9 Å². The van der Waals surface area contributed by atoms with Gasteiger partial charge in [0.1, 0.15) is 0 Å². The molecule has 0 radical (unpaired) electrons. The largest absolute Gasteiger partial charge is 0.423 e. The van der Waals surface area contributed by atoms with E-state index in [4.69, 9.17) is 0 Å². The number of hydrogen-bond donors (Lipinski definition) is 0. The number of allylic oxidation sites excluding steroid dienone is 1. The smallest absolute Gasteiger partial charge is 0.363 e. The van der Waals surface area contributed by atoms with E-state index >= 15 is 0 Å². The molecule has 0 aliphatic carbocycles. The van der Waals surface area contributed by atoms with Crippen LogP contribution in [0.4, 0.5) is 43.9 Å². The van der Waals surface area contributed by atoms with E-state index in [2.05, 4.69) is 4.74 Å². The van der Waals surface area contributed by atoms with Crippen LogP contribution in [0.1, 0.15) is 6.42 Å². The van der Waals surface area contributed by atoms with Crippen LogP contribution < -0.4 is 0 Å². The van der Waals surface area contributed by atoms with Gasteiger partial charge in [-0.25, -0.2) is 0 Å². The van der Waals surface area contributed by atoms with Crippen molar-refractivity contribution >= 4 is 0 Å². The highest BCUT2D eigenvalue weighted by molar-refractivity contribution is 5.18. The van der Waals surface area contributed by atoms with Gasteiger partial charge in [-0.15, -0.1) is 0 Å². The summed E-state index contributed by atoms with van der Waals surface area (Å²) in [4.78, 5) is 0.940. The van der Waals surface area contributed by atoms with E-state index in [9.17, 15) is 43.9 Å². The van der Waals surface area contributed by atoms with Gasteiger partial charge in [0.2, 0.25) is 11.4 Å². The van der Waals surface area contributed by atoms with Crippen LogP contribution in [0.2, 0.25) is 0 Å². The molecule has 0 amide bonds. The second-order valence-electron chi connectivity index (χ2n) is 4.81. The molecule has 138 valence electrons. The van der Waals surface area contributed by atoms with Crippen LogP contribution in [-0.2, 0) is 4.74 Å². The number of rotatable bonds is 7. The van der Waals surface area contributed by atoms with E-state index in [1.165, 1.54) is 0 Å². The Bertz CT molecular complexity index is 441. The van der Waals surface area contributed by atoms with Crippen molar-refractivity contribution in [2.75, 3.05) is 27.7 Å². The van der Waals surface area contributed by atoms with Gasteiger partial charge in [-0.3, -0.25) is 0 Å². The van der Waals surface area contributed by atoms with Crippen molar-refractivity contribution < 1.29 is 48.6 Å². The van der Waals surface area contributed by atoms with E-state index in [1.54, 1.807) is 0 Å². The standard InChI is InChI=1S/C11H13F10NO/c1-22(2)5-4-8(23-3,11(19,20)21)10(17,18)9(15,16)6(12)7(13)14/h4-5H2,1-3H3. The molecular formula is C11H13F10NO. The highest BCUT2D eigenvalue weighted by atomic mass is 19.4. The minimum absolute atomic E-state index is 0.0561. The van der Waals surface area contributed by atoms with Gasteiger partial charge in [-0.05, 0) is 14.1 Å². The molecule has 1 atom stereocenters. The zero-order valence-corrected chi connectivity index (χ0v) is 12.0. The predicted octanol–water partition coefficient (Wildman–Crippen LogP) is 4.23. The Morgan fingerprint density at radius 1 is 0.913 bits per heavy atom. The van der Waals surface area contributed by atoms with E-state index in [-0.39, 0.29) is 7.11 Å². The predicted molar refractivity (Wildman–Crippen MR) is 59.2 cm³/mol. The second kappa shape index (κ2) is 6.83. The Morgan fingerprint density at radius 3 is 1.61 bits per heavy atom. The Labute approximate surface area is 124 Å². The topological polar surface area (TPSA) is 12.5 Å². The summed E-state index contributed by atoms with van der Waals surface area (Å²) in [6, 6.07) is 0. The lowest BCUT2D eigenvalue weighted by Crippen LogP contribution is -2.67. The molecule has 0 rings (SSSR count). The monoisotopic (exact) mass is 365 g/mol. The summed E-state index contributed by atoms with van der Waals surface area (Å²) >= 11 is 0. The maximum atomic E-state index is 13.9. The van der Waals surface area contributed by atoms with Crippen molar-refractivity contribution in [2.45, 2.75) is 30.0 Å². The Balaban J connectivity index is 6.31. The summed E-state index contributed by atoms with van der Waals surface area (Å²) < 4.78 is 134. The number of hydrogen-bond acceptors (Lipinski definition) is 2. The third kappa shape index (κ3) is 3.73. The minimum atomic E-state index is -6.43. The van der Waals surface area contributed by atoms with Crippen LogP contribution in [0, 0.1) is 0 Å². The first-order chi connectivity index (χ1) is 10.1. The fraction of sp³-hybridized carbons (Fsp3) is 0.818. The number of ether oxygens (including phenoxy) is 1. The third-order valence-electron chi connectivity index (χ3n) is 3.06. The molecule has 0 aromatic carbocycles. The van der Waals surface area contributed by atoms with Crippen molar-refractivity contribution in [3.05, 3.63) is 11.9 Å². The molecule has 0 saturated carbocycles. The molecule has 0 aliphatic rings. The average Bonchev–Trinajstić information content (AvgIpc) is 2.36. The maximum absolute atomic E-state index is 13.9. The van der Waals surface area contributed by atoms with E-state index in [0.29, 0.717) is 0 Å². The van der Waals surface area contributed by atoms with E-state index < -0.39 is 48.5 Å². The van der Waals surface area contributed by atoms with Crippen molar-refractivity contribution in [2.24, 2.45) is 0 Å². The first-order valence-electron chi connectivity index (χ1n) is 5.82. The minimum Gasteiger partial charge on any atom is -0.363 e. The van der Waals surface area contributed by atoms with Crippen molar-refractivity contribution in [1.82, 2.24) is 4.90 Å².